The Kier molecular flexibility index (Phi) is 2.32. The zero-order valence-corrected chi connectivity index (χ0v) is 12.3. The van der Waals surface area contributed by atoms with Crippen LogP contribution in [0.3, 0.4) is 0 Å². The highest BCUT2D eigenvalue weighted by atomic mass is 16.1. The van der Waals surface area contributed by atoms with Crippen LogP contribution in [-0.4, -0.2) is 30.7 Å². The van der Waals surface area contributed by atoms with Crippen molar-refractivity contribution in [3.05, 3.63) is 34.4 Å². The van der Waals surface area contributed by atoms with Gasteiger partial charge in [-0.2, -0.15) is 0 Å². The van der Waals surface area contributed by atoms with Crippen LogP contribution in [-0.2, 0) is 25.9 Å². The molecule has 6 nitrogen and oxygen atoms in total. The van der Waals surface area contributed by atoms with Crippen molar-refractivity contribution >= 4 is 11.6 Å². The number of hydrogen-bond donors (Lipinski definition) is 0. The van der Waals surface area contributed by atoms with Crippen molar-refractivity contribution in [2.75, 3.05) is 0 Å². The van der Waals surface area contributed by atoms with Gasteiger partial charge in [-0.15, -0.1) is 0 Å². The number of carbonyl (C=O) groups excluding carboxylic acids is 2. The quantitative estimate of drug-likeness (QED) is 0.631. The molecule has 0 spiro atoms. The molecular weight excluding hydrogens is 280 g/mol. The summed E-state index contributed by atoms with van der Waals surface area (Å²) in [6.45, 7) is 1.57. The molecule has 5 rings (SSSR count). The molecule has 1 aliphatic carbocycles. The van der Waals surface area contributed by atoms with Crippen LogP contribution in [0.5, 0.6) is 0 Å². The summed E-state index contributed by atoms with van der Waals surface area (Å²) in [5.74, 6) is 1.52. The Labute approximate surface area is 127 Å². The zero-order valence-electron chi connectivity index (χ0n) is 12.3. The molecule has 2 aliphatic heterocycles. The van der Waals surface area contributed by atoms with Gasteiger partial charge in [0, 0.05) is 25.9 Å². The lowest BCUT2D eigenvalue weighted by Gasteiger charge is -2.19. The van der Waals surface area contributed by atoms with Gasteiger partial charge in [0.05, 0.1) is 0 Å². The number of fused-ring (bicyclic) bond motifs is 6. The molecule has 6 heteroatoms. The van der Waals surface area contributed by atoms with E-state index in [9.17, 15) is 9.59 Å². The van der Waals surface area contributed by atoms with Gasteiger partial charge in [0.2, 0.25) is 11.6 Å². The average Bonchev–Trinajstić information content (AvgIpc) is 3.12. The van der Waals surface area contributed by atoms with Crippen molar-refractivity contribution in [2.45, 2.75) is 51.6 Å². The summed E-state index contributed by atoms with van der Waals surface area (Å²) < 4.78 is 3.93. The van der Waals surface area contributed by atoms with Gasteiger partial charge < -0.3 is 9.13 Å². The van der Waals surface area contributed by atoms with Gasteiger partial charge in [-0.25, -0.2) is 9.97 Å². The molecular formula is C16H16N4O2. The predicted molar refractivity (Wildman–Crippen MR) is 77.2 cm³/mol. The molecule has 0 amide bonds. The summed E-state index contributed by atoms with van der Waals surface area (Å²) in [4.78, 5) is 34.8. The van der Waals surface area contributed by atoms with Crippen LogP contribution in [0.25, 0.3) is 0 Å². The number of imidazole rings is 2. The molecule has 0 radical (unpaired) electrons. The zero-order chi connectivity index (χ0) is 14.8. The molecule has 112 valence electrons. The van der Waals surface area contributed by atoms with Crippen molar-refractivity contribution in [1.29, 1.82) is 0 Å². The lowest BCUT2D eigenvalue weighted by atomic mass is 9.98. The second-order valence-corrected chi connectivity index (χ2v) is 6.33. The molecule has 3 aliphatic rings. The molecule has 0 aromatic carbocycles. The first-order valence-electron chi connectivity index (χ1n) is 8.04. The lowest BCUT2D eigenvalue weighted by Crippen LogP contribution is -2.27. The number of nitrogens with zero attached hydrogens (tertiary/aromatic N) is 4. The van der Waals surface area contributed by atoms with Crippen LogP contribution in [0, 0.1) is 0 Å². The Morgan fingerprint density at radius 2 is 1.18 bits per heavy atom. The largest absolute Gasteiger partial charge is 0.325 e. The third-order valence-electron chi connectivity index (χ3n) is 5.02. The van der Waals surface area contributed by atoms with Crippen LogP contribution in [0.15, 0.2) is 0 Å². The van der Waals surface area contributed by atoms with E-state index in [-0.39, 0.29) is 11.6 Å². The van der Waals surface area contributed by atoms with Gasteiger partial charge in [-0.1, -0.05) is 0 Å². The highest BCUT2D eigenvalue weighted by Crippen LogP contribution is 2.32. The van der Waals surface area contributed by atoms with E-state index in [4.69, 9.17) is 0 Å². The third-order valence-corrected chi connectivity index (χ3v) is 5.02. The minimum Gasteiger partial charge on any atom is -0.325 e. The molecule has 0 saturated carbocycles. The van der Waals surface area contributed by atoms with Crippen molar-refractivity contribution in [1.82, 2.24) is 19.1 Å². The van der Waals surface area contributed by atoms with Crippen LogP contribution in [0.4, 0.5) is 0 Å². The molecule has 0 bridgehead atoms. The minimum atomic E-state index is -0.173. The van der Waals surface area contributed by atoms with E-state index in [1.54, 1.807) is 0 Å². The average molecular weight is 296 g/mol. The maximum absolute atomic E-state index is 13.0. The Morgan fingerprint density at radius 3 is 1.68 bits per heavy atom. The first kappa shape index (κ1) is 12.3. The van der Waals surface area contributed by atoms with Gasteiger partial charge >= 0.3 is 0 Å². The lowest BCUT2D eigenvalue weighted by molar-refractivity contribution is 0.0962. The van der Waals surface area contributed by atoms with E-state index >= 15 is 0 Å². The summed E-state index contributed by atoms with van der Waals surface area (Å²) in [5.41, 5.74) is 1.65. The van der Waals surface area contributed by atoms with E-state index < -0.39 is 0 Å². The normalized spacial score (nSPS) is 19.5. The van der Waals surface area contributed by atoms with Crippen molar-refractivity contribution in [2.24, 2.45) is 0 Å². The Bertz CT molecular complexity index is 777. The summed E-state index contributed by atoms with van der Waals surface area (Å²) >= 11 is 0. The van der Waals surface area contributed by atoms with Gasteiger partial charge in [-0.3, -0.25) is 9.59 Å². The summed E-state index contributed by atoms with van der Waals surface area (Å²) in [7, 11) is 0. The third kappa shape index (κ3) is 1.40. The fraction of sp³-hybridized carbons (Fsp3) is 0.500. The molecule has 0 unspecified atom stereocenters. The van der Waals surface area contributed by atoms with Gasteiger partial charge in [-0.05, 0) is 25.7 Å². The van der Waals surface area contributed by atoms with Gasteiger partial charge in [0.25, 0.3) is 0 Å². The first-order chi connectivity index (χ1) is 10.8. The first-order valence-corrected chi connectivity index (χ1v) is 8.04. The topological polar surface area (TPSA) is 69.8 Å². The van der Waals surface area contributed by atoms with Crippen LogP contribution < -0.4 is 0 Å². The molecule has 22 heavy (non-hydrogen) atoms. The highest BCUT2D eigenvalue weighted by molar-refractivity contribution is 6.26. The number of carbonyl (C=O) groups is 2. The summed E-state index contributed by atoms with van der Waals surface area (Å²) in [6.07, 6.45) is 5.90. The van der Waals surface area contributed by atoms with E-state index in [0.29, 0.717) is 22.8 Å². The van der Waals surface area contributed by atoms with Crippen LogP contribution >= 0.6 is 0 Å². The van der Waals surface area contributed by atoms with Crippen molar-refractivity contribution < 1.29 is 9.59 Å². The van der Waals surface area contributed by atoms with E-state index in [0.717, 1.165) is 63.3 Å². The number of aryl methyl sites for hydroxylation is 2. The van der Waals surface area contributed by atoms with Gasteiger partial charge in [0.1, 0.15) is 34.4 Å². The molecule has 4 heterocycles. The second kappa shape index (κ2) is 4.15. The summed E-state index contributed by atoms with van der Waals surface area (Å²) in [6, 6.07) is 0. The van der Waals surface area contributed by atoms with Crippen LogP contribution in [0.2, 0.25) is 0 Å². The summed E-state index contributed by atoms with van der Waals surface area (Å²) in [5, 5.41) is 0. The van der Waals surface area contributed by atoms with Crippen molar-refractivity contribution in [3.8, 4) is 0 Å². The second-order valence-electron chi connectivity index (χ2n) is 6.33. The Morgan fingerprint density at radius 1 is 0.682 bits per heavy atom. The maximum atomic E-state index is 13.0. The predicted octanol–water partition coefficient (Wildman–Crippen LogP) is 1.53. The molecule has 0 saturated heterocycles. The van der Waals surface area contributed by atoms with E-state index in [1.165, 1.54) is 0 Å². The van der Waals surface area contributed by atoms with Crippen molar-refractivity contribution in [3.63, 3.8) is 0 Å². The molecule has 0 N–H and O–H groups in total. The fourth-order valence-corrected chi connectivity index (χ4v) is 3.97. The SMILES string of the molecule is O=C1c2nc3n(c2C(=O)c2c1nc1n2CCCC1)CCCC3. The Hall–Kier alpha value is -2.24. The smallest absolute Gasteiger partial charge is 0.234 e. The number of aromatic nitrogens is 4. The molecule has 2 aromatic rings. The van der Waals surface area contributed by atoms with Crippen LogP contribution in [0.1, 0.15) is 69.7 Å². The number of ketones is 2. The number of hydrogen-bond acceptors (Lipinski definition) is 4. The van der Waals surface area contributed by atoms with E-state index in [1.807, 2.05) is 9.13 Å². The minimum absolute atomic E-state index is 0.0640. The van der Waals surface area contributed by atoms with Gasteiger partial charge in [0.15, 0.2) is 0 Å². The van der Waals surface area contributed by atoms with E-state index in [2.05, 4.69) is 9.97 Å². The standard InChI is InChI=1S/C16H16N4O2/c21-15-11-13(19-7-3-1-5-9(19)17-11)16(22)14-12(15)18-10-6-2-4-8-20(10)14/h1-8H2. The Balaban J connectivity index is 1.76. The highest BCUT2D eigenvalue weighted by Gasteiger charge is 2.41. The fourth-order valence-electron chi connectivity index (χ4n) is 3.97. The molecule has 2 aromatic heterocycles. The molecule has 0 atom stereocenters. The molecule has 0 fully saturated rings. The monoisotopic (exact) mass is 296 g/mol. The maximum Gasteiger partial charge on any atom is 0.234 e. The number of rotatable bonds is 0.